The number of carbonyl (C=O) groups excluding carboxylic acids is 1. The Balaban J connectivity index is 2.27. The van der Waals surface area contributed by atoms with Gasteiger partial charge in [0.25, 0.3) is 5.91 Å². The van der Waals surface area contributed by atoms with Gasteiger partial charge in [0.2, 0.25) is 0 Å². The first kappa shape index (κ1) is 14.4. The van der Waals surface area contributed by atoms with E-state index in [0.717, 1.165) is 31.4 Å². The Kier molecular flexibility index (Phi) is 4.03. The Morgan fingerprint density at radius 3 is 2.45 bits per heavy atom. The number of rotatable bonds is 2. The normalized spacial score (nSPS) is 17.3. The molecule has 0 saturated heterocycles. The van der Waals surface area contributed by atoms with Crippen molar-refractivity contribution in [3.05, 3.63) is 35.4 Å². The standard InChI is InChI=1S/C15H16F2N2O/c1-19(15(10-18)7-3-2-4-8-15)14(20)11-5-6-12(16)13(17)9-11/h5-6,9H,2-4,7-8H2,1H3. The van der Waals surface area contributed by atoms with Crippen molar-refractivity contribution in [3.63, 3.8) is 0 Å². The number of nitrogens with zero attached hydrogens (tertiary/aromatic N) is 2. The lowest BCUT2D eigenvalue weighted by Gasteiger charge is -2.39. The zero-order valence-electron chi connectivity index (χ0n) is 11.3. The molecule has 1 aromatic carbocycles. The quantitative estimate of drug-likeness (QED) is 0.833. The molecule has 106 valence electrons. The van der Waals surface area contributed by atoms with Gasteiger partial charge in [0.15, 0.2) is 11.6 Å². The summed E-state index contributed by atoms with van der Waals surface area (Å²) in [6.45, 7) is 0. The number of hydrogen-bond acceptors (Lipinski definition) is 2. The molecule has 0 unspecified atom stereocenters. The fourth-order valence-corrected chi connectivity index (χ4v) is 2.68. The first-order chi connectivity index (χ1) is 9.50. The fourth-order valence-electron chi connectivity index (χ4n) is 2.68. The molecule has 3 nitrogen and oxygen atoms in total. The van der Waals surface area contributed by atoms with Gasteiger partial charge in [-0.1, -0.05) is 19.3 Å². The van der Waals surface area contributed by atoms with E-state index in [1.165, 1.54) is 11.0 Å². The van der Waals surface area contributed by atoms with E-state index >= 15 is 0 Å². The van der Waals surface area contributed by atoms with Crippen molar-refractivity contribution in [3.8, 4) is 6.07 Å². The van der Waals surface area contributed by atoms with Crippen LogP contribution in [0.3, 0.4) is 0 Å². The topological polar surface area (TPSA) is 44.1 Å². The van der Waals surface area contributed by atoms with Gasteiger partial charge in [0.1, 0.15) is 5.54 Å². The molecule has 0 heterocycles. The molecule has 1 aliphatic carbocycles. The minimum absolute atomic E-state index is 0.0617. The predicted octanol–water partition coefficient (Wildman–Crippen LogP) is 3.26. The smallest absolute Gasteiger partial charge is 0.254 e. The zero-order valence-corrected chi connectivity index (χ0v) is 11.3. The maximum atomic E-state index is 13.2. The average molecular weight is 278 g/mol. The van der Waals surface area contributed by atoms with Gasteiger partial charge in [-0.25, -0.2) is 8.78 Å². The summed E-state index contributed by atoms with van der Waals surface area (Å²) in [5.74, 6) is -2.50. The molecule has 1 saturated carbocycles. The van der Waals surface area contributed by atoms with Crippen molar-refractivity contribution in [1.29, 1.82) is 5.26 Å². The van der Waals surface area contributed by atoms with Crippen LogP contribution in [-0.2, 0) is 0 Å². The molecule has 2 rings (SSSR count). The average Bonchev–Trinajstić information content (AvgIpc) is 2.49. The highest BCUT2D eigenvalue weighted by Crippen LogP contribution is 2.33. The van der Waals surface area contributed by atoms with Gasteiger partial charge in [-0.2, -0.15) is 5.26 Å². The summed E-state index contributed by atoms with van der Waals surface area (Å²) in [7, 11) is 1.55. The molecular formula is C15H16F2N2O. The second-order valence-electron chi connectivity index (χ2n) is 5.20. The molecule has 0 aliphatic heterocycles. The lowest BCUT2D eigenvalue weighted by atomic mass is 9.81. The second-order valence-corrected chi connectivity index (χ2v) is 5.20. The summed E-state index contributed by atoms with van der Waals surface area (Å²) >= 11 is 0. The lowest BCUT2D eigenvalue weighted by molar-refractivity contribution is 0.0588. The van der Waals surface area contributed by atoms with Gasteiger partial charge < -0.3 is 4.90 Å². The van der Waals surface area contributed by atoms with Crippen LogP contribution in [0, 0.1) is 23.0 Å². The molecular weight excluding hydrogens is 262 g/mol. The predicted molar refractivity (Wildman–Crippen MR) is 69.9 cm³/mol. The highest BCUT2D eigenvalue weighted by atomic mass is 19.2. The SMILES string of the molecule is CN(C(=O)c1ccc(F)c(F)c1)C1(C#N)CCCCC1. The van der Waals surface area contributed by atoms with Crippen molar-refractivity contribution < 1.29 is 13.6 Å². The summed E-state index contributed by atoms with van der Waals surface area (Å²) in [6, 6.07) is 5.28. The number of nitriles is 1. The van der Waals surface area contributed by atoms with Crippen LogP contribution in [0.4, 0.5) is 8.78 Å². The minimum atomic E-state index is -1.06. The maximum Gasteiger partial charge on any atom is 0.254 e. The molecule has 1 fully saturated rings. The molecule has 0 bridgehead atoms. The number of halogens is 2. The summed E-state index contributed by atoms with van der Waals surface area (Å²) in [5, 5.41) is 9.43. The Labute approximate surface area is 116 Å². The van der Waals surface area contributed by atoms with E-state index < -0.39 is 23.1 Å². The first-order valence-corrected chi connectivity index (χ1v) is 6.65. The highest BCUT2D eigenvalue weighted by molar-refractivity contribution is 5.94. The third kappa shape index (κ3) is 2.51. The Hall–Kier alpha value is -1.96. The summed E-state index contributed by atoms with van der Waals surface area (Å²) in [6.07, 6.45) is 4.08. The summed E-state index contributed by atoms with van der Waals surface area (Å²) in [5.41, 5.74) is -0.771. The molecule has 0 aromatic heterocycles. The van der Waals surface area contributed by atoms with Gasteiger partial charge in [-0.05, 0) is 31.0 Å². The number of carbonyl (C=O) groups is 1. The number of amides is 1. The van der Waals surface area contributed by atoms with Gasteiger partial charge in [-0.3, -0.25) is 4.79 Å². The van der Waals surface area contributed by atoms with Crippen molar-refractivity contribution in [1.82, 2.24) is 4.90 Å². The molecule has 1 aromatic rings. The van der Waals surface area contributed by atoms with E-state index in [9.17, 15) is 18.8 Å². The molecule has 0 spiro atoms. The van der Waals surface area contributed by atoms with E-state index in [1.807, 2.05) is 0 Å². The maximum absolute atomic E-state index is 13.2. The van der Waals surface area contributed by atoms with E-state index in [4.69, 9.17) is 0 Å². The van der Waals surface area contributed by atoms with Crippen LogP contribution in [0.25, 0.3) is 0 Å². The number of hydrogen-bond donors (Lipinski definition) is 0. The highest BCUT2D eigenvalue weighted by Gasteiger charge is 2.39. The Morgan fingerprint density at radius 1 is 1.25 bits per heavy atom. The van der Waals surface area contributed by atoms with E-state index in [2.05, 4.69) is 6.07 Å². The molecule has 0 atom stereocenters. The molecule has 20 heavy (non-hydrogen) atoms. The third-order valence-corrected chi connectivity index (χ3v) is 4.00. The number of benzene rings is 1. The van der Waals surface area contributed by atoms with Crippen LogP contribution >= 0.6 is 0 Å². The van der Waals surface area contributed by atoms with Gasteiger partial charge in [0, 0.05) is 12.6 Å². The van der Waals surface area contributed by atoms with Crippen LogP contribution in [0.5, 0.6) is 0 Å². The molecule has 0 radical (unpaired) electrons. The van der Waals surface area contributed by atoms with Gasteiger partial charge >= 0.3 is 0 Å². The molecule has 5 heteroatoms. The molecule has 1 aliphatic rings. The first-order valence-electron chi connectivity index (χ1n) is 6.65. The van der Waals surface area contributed by atoms with Crippen LogP contribution in [0.2, 0.25) is 0 Å². The molecule has 0 N–H and O–H groups in total. The third-order valence-electron chi connectivity index (χ3n) is 4.00. The van der Waals surface area contributed by atoms with Crippen LogP contribution in [-0.4, -0.2) is 23.4 Å². The van der Waals surface area contributed by atoms with Crippen LogP contribution in [0.15, 0.2) is 18.2 Å². The summed E-state index contributed by atoms with van der Waals surface area (Å²) < 4.78 is 26.1. The Bertz CT molecular complexity index is 559. The lowest BCUT2D eigenvalue weighted by Crippen LogP contribution is -2.49. The van der Waals surface area contributed by atoms with Crippen LogP contribution < -0.4 is 0 Å². The van der Waals surface area contributed by atoms with Gasteiger partial charge in [-0.15, -0.1) is 0 Å². The van der Waals surface area contributed by atoms with E-state index in [1.54, 1.807) is 7.05 Å². The molecule has 1 amide bonds. The van der Waals surface area contributed by atoms with E-state index in [0.29, 0.717) is 12.8 Å². The van der Waals surface area contributed by atoms with E-state index in [-0.39, 0.29) is 5.56 Å². The van der Waals surface area contributed by atoms with Crippen LogP contribution in [0.1, 0.15) is 42.5 Å². The zero-order chi connectivity index (χ0) is 14.8. The summed E-state index contributed by atoms with van der Waals surface area (Å²) in [4.78, 5) is 13.7. The van der Waals surface area contributed by atoms with Crippen molar-refractivity contribution in [2.45, 2.75) is 37.6 Å². The van der Waals surface area contributed by atoms with Crippen molar-refractivity contribution in [2.75, 3.05) is 7.05 Å². The Morgan fingerprint density at radius 2 is 1.90 bits per heavy atom. The largest absolute Gasteiger partial charge is 0.323 e. The fraction of sp³-hybridized carbons (Fsp3) is 0.467. The minimum Gasteiger partial charge on any atom is -0.323 e. The monoisotopic (exact) mass is 278 g/mol. The van der Waals surface area contributed by atoms with Crippen molar-refractivity contribution >= 4 is 5.91 Å². The van der Waals surface area contributed by atoms with Gasteiger partial charge in [0.05, 0.1) is 6.07 Å². The second kappa shape index (κ2) is 5.58. The van der Waals surface area contributed by atoms with Crippen molar-refractivity contribution in [2.24, 2.45) is 0 Å².